The van der Waals surface area contributed by atoms with Gasteiger partial charge in [0.05, 0.1) is 19.5 Å². The van der Waals surface area contributed by atoms with E-state index < -0.39 is 0 Å². The average Bonchev–Trinajstić information content (AvgIpc) is 3.28. The van der Waals surface area contributed by atoms with Gasteiger partial charge in [-0.3, -0.25) is 9.36 Å². The van der Waals surface area contributed by atoms with E-state index in [2.05, 4.69) is 20.1 Å². The van der Waals surface area contributed by atoms with E-state index in [1.165, 1.54) is 31.0 Å². The maximum Gasteiger partial charge on any atom is 0.237 e. The summed E-state index contributed by atoms with van der Waals surface area (Å²) in [5.74, 6) is 2.26. The predicted molar refractivity (Wildman–Crippen MR) is 131 cm³/mol. The number of hydrogen-bond acceptors (Lipinski definition) is 6. The maximum atomic E-state index is 12.9. The maximum absolute atomic E-state index is 12.9. The van der Waals surface area contributed by atoms with Gasteiger partial charge in [0.15, 0.2) is 11.0 Å². The van der Waals surface area contributed by atoms with Crippen molar-refractivity contribution in [2.24, 2.45) is 0 Å². The average molecular weight is 467 g/mol. The highest BCUT2D eigenvalue weighted by molar-refractivity contribution is 8.00. The number of nitrogens with one attached hydrogen (secondary N) is 1. The summed E-state index contributed by atoms with van der Waals surface area (Å²) in [4.78, 5) is 12.9. The molecule has 1 aliphatic carbocycles. The van der Waals surface area contributed by atoms with Gasteiger partial charge in [0, 0.05) is 23.4 Å². The van der Waals surface area contributed by atoms with E-state index in [1.54, 1.807) is 14.2 Å². The van der Waals surface area contributed by atoms with Gasteiger partial charge in [-0.2, -0.15) is 0 Å². The Hall–Kier alpha value is -3.00. The molecule has 3 aromatic rings. The quantitative estimate of drug-likeness (QED) is 0.436. The lowest BCUT2D eigenvalue weighted by Gasteiger charge is -2.26. The molecule has 0 aliphatic heterocycles. The lowest BCUT2D eigenvalue weighted by molar-refractivity contribution is -0.115. The summed E-state index contributed by atoms with van der Waals surface area (Å²) >= 11 is 1.45. The third kappa shape index (κ3) is 5.50. The number of rotatable bonds is 8. The van der Waals surface area contributed by atoms with Crippen molar-refractivity contribution in [1.29, 1.82) is 0 Å². The number of methoxy groups -OCH3 is 2. The van der Waals surface area contributed by atoms with Crippen LogP contribution in [0.4, 0.5) is 5.69 Å². The van der Waals surface area contributed by atoms with Crippen molar-refractivity contribution in [3.05, 3.63) is 48.5 Å². The fourth-order valence-corrected chi connectivity index (χ4v) is 5.04. The molecule has 1 aromatic heterocycles. The van der Waals surface area contributed by atoms with E-state index in [4.69, 9.17) is 9.47 Å². The van der Waals surface area contributed by atoms with Crippen LogP contribution in [0.5, 0.6) is 11.5 Å². The number of hydrogen-bond donors (Lipinski definition) is 1. The minimum absolute atomic E-state index is 0.0857. The molecule has 1 heterocycles. The summed E-state index contributed by atoms with van der Waals surface area (Å²) in [5, 5.41) is 12.5. The first-order chi connectivity index (χ1) is 16.1. The van der Waals surface area contributed by atoms with Crippen LogP contribution < -0.4 is 14.8 Å². The van der Waals surface area contributed by atoms with Crippen molar-refractivity contribution in [1.82, 2.24) is 14.8 Å². The summed E-state index contributed by atoms with van der Waals surface area (Å²) in [6.07, 6.45) is 5.85. The molecule has 1 aliphatic rings. The number of carbonyl (C=O) groups is 1. The Morgan fingerprint density at radius 1 is 1.03 bits per heavy atom. The van der Waals surface area contributed by atoms with Crippen LogP contribution in [0.25, 0.3) is 11.4 Å². The second-order valence-corrected chi connectivity index (χ2v) is 9.49. The van der Waals surface area contributed by atoms with Gasteiger partial charge in [0.2, 0.25) is 5.91 Å². The number of ether oxygens (including phenoxy) is 2. The second kappa shape index (κ2) is 10.7. The first kappa shape index (κ1) is 23.2. The van der Waals surface area contributed by atoms with Gasteiger partial charge in [-0.25, -0.2) is 0 Å². The van der Waals surface area contributed by atoms with Crippen LogP contribution in [-0.2, 0) is 4.79 Å². The van der Waals surface area contributed by atoms with Gasteiger partial charge in [-0.15, -0.1) is 10.2 Å². The van der Waals surface area contributed by atoms with Gasteiger partial charge >= 0.3 is 0 Å². The Bertz CT molecular complexity index is 1080. The van der Waals surface area contributed by atoms with Crippen molar-refractivity contribution >= 4 is 23.4 Å². The molecule has 2 aromatic carbocycles. The number of carbonyl (C=O) groups excluding carboxylic acids is 1. The van der Waals surface area contributed by atoms with Crippen LogP contribution in [0.2, 0.25) is 0 Å². The standard InChI is InChI=1S/C25H30N4O3S/c1-17(24(30)26-19-8-7-11-22(16-19)32-3)33-25-28-27-23(18-12-14-21(31-2)15-13-18)29(25)20-9-5-4-6-10-20/h7-8,11-17,20H,4-6,9-10H2,1-3H3,(H,26,30). The van der Waals surface area contributed by atoms with Crippen LogP contribution in [0.3, 0.4) is 0 Å². The van der Waals surface area contributed by atoms with Crippen LogP contribution in [0.1, 0.15) is 45.1 Å². The van der Waals surface area contributed by atoms with E-state index in [0.717, 1.165) is 35.1 Å². The number of nitrogens with zero attached hydrogens (tertiary/aromatic N) is 3. The van der Waals surface area contributed by atoms with Crippen LogP contribution in [0, 0.1) is 0 Å². The molecule has 0 radical (unpaired) electrons. The van der Waals surface area contributed by atoms with E-state index in [9.17, 15) is 4.79 Å². The lowest BCUT2D eigenvalue weighted by atomic mass is 9.95. The first-order valence-electron chi connectivity index (χ1n) is 11.3. The van der Waals surface area contributed by atoms with Crippen LogP contribution in [-0.4, -0.2) is 40.1 Å². The molecule has 0 saturated heterocycles. The van der Waals surface area contributed by atoms with Gasteiger partial charge in [0.25, 0.3) is 0 Å². The minimum Gasteiger partial charge on any atom is -0.497 e. The SMILES string of the molecule is COc1ccc(-c2nnc(SC(C)C(=O)Nc3cccc(OC)c3)n2C2CCCCC2)cc1. The summed E-state index contributed by atoms with van der Waals surface area (Å²) in [7, 11) is 3.27. The largest absolute Gasteiger partial charge is 0.497 e. The van der Waals surface area contributed by atoms with Crippen LogP contribution >= 0.6 is 11.8 Å². The van der Waals surface area contributed by atoms with E-state index in [-0.39, 0.29) is 11.2 Å². The zero-order valence-electron chi connectivity index (χ0n) is 19.3. The normalized spacial score (nSPS) is 15.1. The van der Waals surface area contributed by atoms with E-state index in [1.807, 2.05) is 55.5 Å². The van der Waals surface area contributed by atoms with Crippen molar-refractivity contribution in [3.63, 3.8) is 0 Å². The van der Waals surface area contributed by atoms with Crippen LogP contribution in [0.15, 0.2) is 53.7 Å². The highest BCUT2D eigenvalue weighted by atomic mass is 32.2. The fourth-order valence-electron chi connectivity index (χ4n) is 4.12. The smallest absolute Gasteiger partial charge is 0.237 e. The Labute approximate surface area is 198 Å². The topological polar surface area (TPSA) is 78.3 Å². The molecule has 1 saturated carbocycles. The number of thioether (sulfide) groups is 1. The molecular weight excluding hydrogens is 436 g/mol. The summed E-state index contributed by atoms with van der Waals surface area (Å²) in [6.45, 7) is 1.90. The summed E-state index contributed by atoms with van der Waals surface area (Å²) in [5.41, 5.74) is 1.70. The highest BCUT2D eigenvalue weighted by Gasteiger charge is 2.26. The molecule has 1 unspecified atom stereocenters. The van der Waals surface area contributed by atoms with Gasteiger partial charge < -0.3 is 14.8 Å². The van der Waals surface area contributed by atoms with Crippen molar-refractivity contribution in [2.45, 2.75) is 55.5 Å². The van der Waals surface area contributed by atoms with Gasteiger partial charge in [0.1, 0.15) is 11.5 Å². The molecule has 1 amide bonds. The van der Waals surface area contributed by atoms with Crippen molar-refractivity contribution in [2.75, 3.05) is 19.5 Å². The Balaban J connectivity index is 1.56. The Kier molecular flexibility index (Phi) is 7.54. The molecule has 0 bridgehead atoms. The highest BCUT2D eigenvalue weighted by Crippen LogP contribution is 2.37. The number of aromatic nitrogens is 3. The molecule has 1 atom stereocenters. The molecule has 8 heteroatoms. The minimum atomic E-state index is -0.341. The molecule has 7 nitrogen and oxygen atoms in total. The Morgan fingerprint density at radius 3 is 2.45 bits per heavy atom. The lowest BCUT2D eigenvalue weighted by Crippen LogP contribution is -2.23. The molecule has 4 rings (SSSR count). The molecule has 0 spiro atoms. The number of anilines is 1. The number of benzene rings is 2. The number of amides is 1. The van der Waals surface area contributed by atoms with Crippen molar-refractivity contribution < 1.29 is 14.3 Å². The summed E-state index contributed by atoms with van der Waals surface area (Å²) in [6, 6.07) is 15.6. The van der Waals surface area contributed by atoms with Gasteiger partial charge in [-0.1, -0.05) is 37.1 Å². The fraction of sp³-hybridized carbons (Fsp3) is 0.400. The first-order valence-corrected chi connectivity index (χ1v) is 12.2. The van der Waals surface area contributed by atoms with E-state index >= 15 is 0 Å². The molecule has 174 valence electrons. The molecule has 1 N–H and O–H groups in total. The zero-order valence-corrected chi connectivity index (χ0v) is 20.1. The third-order valence-electron chi connectivity index (χ3n) is 5.94. The van der Waals surface area contributed by atoms with Crippen molar-refractivity contribution in [3.8, 4) is 22.9 Å². The monoisotopic (exact) mass is 466 g/mol. The zero-order chi connectivity index (χ0) is 23.2. The molecular formula is C25H30N4O3S. The third-order valence-corrected chi connectivity index (χ3v) is 7.00. The molecule has 1 fully saturated rings. The second-order valence-electron chi connectivity index (χ2n) is 8.18. The Morgan fingerprint density at radius 2 is 1.76 bits per heavy atom. The van der Waals surface area contributed by atoms with E-state index in [0.29, 0.717) is 17.5 Å². The predicted octanol–water partition coefficient (Wildman–Crippen LogP) is 5.59. The summed E-state index contributed by atoms with van der Waals surface area (Å²) < 4.78 is 12.8. The molecule has 33 heavy (non-hydrogen) atoms. The van der Waals surface area contributed by atoms with Gasteiger partial charge in [-0.05, 0) is 56.2 Å².